The molecule has 1 aromatic carbocycles. The van der Waals surface area contributed by atoms with E-state index in [-0.39, 0.29) is 49.5 Å². The summed E-state index contributed by atoms with van der Waals surface area (Å²) in [6, 6.07) is 6.51. The summed E-state index contributed by atoms with van der Waals surface area (Å²) >= 11 is 0. The molecule has 5 rings (SSSR count). The van der Waals surface area contributed by atoms with Gasteiger partial charge in [0.05, 0.1) is 6.61 Å². The minimum atomic E-state index is -4.50. The van der Waals surface area contributed by atoms with Gasteiger partial charge in [-0.3, -0.25) is 9.30 Å². The van der Waals surface area contributed by atoms with Gasteiger partial charge in [-0.25, -0.2) is 9.37 Å². The molecule has 1 aliphatic heterocycles. The summed E-state index contributed by atoms with van der Waals surface area (Å²) in [5.74, 6) is -0.0795. The minimum absolute atomic E-state index is 0.0426. The fourth-order valence-corrected chi connectivity index (χ4v) is 4.55. The van der Waals surface area contributed by atoms with Crippen molar-refractivity contribution in [1.29, 1.82) is 0 Å². The molecule has 1 saturated heterocycles. The van der Waals surface area contributed by atoms with Gasteiger partial charge in [-0.1, -0.05) is 12.1 Å². The van der Waals surface area contributed by atoms with Gasteiger partial charge in [0.25, 0.3) is 0 Å². The van der Waals surface area contributed by atoms with Gasteiger partial charge in [-0.05, 0) is 30.2 Å². The molecule has 12 heteroatoms. The number of hydrogen-bond acceptors (Lipinski definition) is 7. The first kappa shape index (κ1) is 24.3. The molecule has 0 saturated carbocycles. The highest BCUT2D eigenvalue weighted by atomic mass is 19.4. The smallest absolute Gasteiger partial charge is 0.408 e. The van der Waals surface area contributed by atoms with Crippen molar-refractivity contribution in [3.8, 4) is 17.3 Å². The van der Waals surface area contributed by atoms with Crippen LogP contribution in [0.15, 0.2) is 42.6 Å². The molecule has 0 radical (unpaired) electrons. The van der Waals surface area contributed by atoms with Crippen molar-refractivity contribution in [3.63, 3.8) is 0 Å². The summed E-state index contributed by atoms with van der Waals surface area (Å²) < 4.78 is 63.5. The van der Waals surface area contributed by atoms with Crippen LogP contribution in [-0.2, 0) is 0 Å². The Morgan fingerprint density at radius 2 is 2.00 bits per heavy atom. The number of fused-ring (bicyclic) bond motifs is 2. The number of hydrogen-bond donors (Lipinski definition) is 2. The Balaban J connectivity index is 1.58. The molecule has 0 aliphatic carbocycles. The number of halogens is 4. The standard InChI is InChI=1S/C24H24F4N6O2/c25-16-10-14-2-4-18(30-21(14)19(11-16)36-9-1-8-35)23-32-31-20-5-3-15(12-34(20)23)22(24(26,27)28)33-7-6-17(29)13-33/h2-5,10-12,17,22,35H,1,6-9,13,29H2/t17?,22-/m1/s1. The molecular weight excluding hydrogens is 480 g/mol. The molecule has 0 amide bonds. The molecule has 3 aromatic heterocycles. The molecule has 36 heavy (non-hydrogen) atoms. The molecule has 1 fully saturated rings. The van der Waals surface area contributed by atoms with Crippen molar-refractivity contribution in [2.75, 3.05) is 26.3 Å². The number of likely N-dealkylation sites (tertiary alicyclic amines) is 1. The summed E-state index contributed by atoms with van der Waals surface area (Å²) in [6.45, 7) is 0.485. The summed E-state index contributed by atoms with van der Waals surface area (Å²) in [5.41, 5.74) is 6.96. The van der Waals surface area contributed by atoms with Crippen molar-refractivity contribution in [1.82, 2.24) is 24.5 Å². The van der Waals surface area contributed by atoms with Crippen molar-refractivity contribution in [3.05, 3.63) is 54.0 Å². The first-order valence-corrected chi connectivity index (χ1v) is 11.5. The van der Waals surface area contributed by atoms with Crippen LogP contribution in [0.5, 0.6) is 5.75 Å². The minimum Gasteiger partial charge on any atom is -0.491 e. The molecular formula is C24H24F4N6O2. The molecule has 2 atom stereocenters. The van der Waals surface area contributed by atoms with Crippen molar-refractivity contribution in [2.24, 2.45) is 5.73 Å². The predicted molar refractivity (Wildman–Crippen MR) is 124 cm³/mol. The van der Waals surface area contributed by atoms with Crippen LogP contribution in [0.25, 0.3) is 28.1 Å². The fraction of sp³-hybridized carbons (Fsp3) is 0.375. The molecule has 1 unspecified atom stereocenters. The number of benzene rings is 1. The van der Waals surface area contributed by atoms with Crippen LogP contribution < -0.4 is 10.5 Å². The SMILES string of the molecule is NC1CCN([C@H](c2ccc3nnc(-c4ccc5cc(F)cc(OCCCO)c5n4)n3c2)C(F)(F)F)C1. The van der Waals surface area contributed by atoms with E-state index in [2.05, 4.69) is 15.2 Å². The molecule has 3 N–H and O–H groups in total. The van der Waals surface area contributed by atoms with Crippen LogP contribution in [0.1, 0.15) is 24.4 Å². The molecule has 190 valence electrons. The zero-order valence-corrected chi connectivity index (χ0v) is 19.1. The monoisotopic (exact) mass is 504 g/mol. The number of nitrogens with zero attached hydrogens (tertiary/aromatic N) is 5. The van der Waals surface area contributed by atoms with Crippen LogP contribution in [0, 0.1) is 5.82 Å². The Bertz CT molecular complexity index is 1390. The maximum Gasteiger partial charge on any atom is 0.408 e. The number of aliphatic hydroxyl groups is 1. The number of pyridine rings is 2. The first-order valence-electron chi connectivity index (χ1n) is 11.5. The van der Waals surface area contributed by atoms with Gasteiger partial charge in [-0.2, -0.15) is 13.2 Å². The lowest BCUT2D eigenvalue weighted by atomic mass is 10.1. The Morgan fingerprint density at radius 3 is 2.72 bits per heavy atom. The van der Waals surface area contributed by atoms with Gasteiger partial charge in [0.2, 0.25) is 0 Å². The van der Waals surface area contributed by atoms with Gasteiger partial charge < -0.3 is 15.6 Å². The Kier molecular flexibility index (Phi) is 6.49. The molecule has 4 aromatic rings. The number of aromatic nitrogens is 4. The van der Waals surface area contributed by atoms with Gasteiger partial charge in [0.1, 0.15) is 28.8 Å². The third kappa shape index (κ3) is 4.71. The second-order valence-electron chi connectivity index (χ2n) is 8.80. The average Bonchev–Trinajstić information content (AvgIpc) is 3.44. The lowest BCUT2D eigenvalue weighted by Crippen LogP contribution is -2.38. The number of ether oxygens (including phenoxy) is 1. The van der Waals surface area contributed by atoms with Crippen LogP contribution in [0.3, 0.4) is 0 Å². The number of rotatable bonds is 7. The molecule has 1 aliphatic rings. The quantitative estimate of drug-likeness (QED) is 0.294. The highest BCUT2D eigenvalue weighted by Crippen LogP contribution is 2.39. The van der Waals surface area contributed by atoms with Crippen molar-refractivity contribution in [2.45, 2.75) is 31.1 Å². The maximum absolute atomic E-state index is 14.1. The van der Waals surface area contributed by atoms with Gasteiger partial charge >= 0.3 is 6.18 Å². The second-order valence-corrected chi connectivity index (χ2v) is 8.80. The highest BCUT2D eigenvalue weighted by Gasteiger charge is 2.46. The van der Waals surface area contributed by atoms with E-state index in [1.807, 2.05) is 0 Å². The van der Waals surface area contributed by atoms with E-state index in [0.717, 1.165) is 0 Å². The fourth-order valence-electron chi connectivity index (χ4n) is 4.55. The number of nitrogens with two attached hydrogens (primary N) is 1. The van der Waals surface area contributed by atoms with E-state index in [4.69, 9.17) is 15.6 Å². The van der Waals surface area contributed by atoms with Crippen LogP contribution >= 0.6 is 0 Å². The van der Waals surface area contributed by atoms with Gasteiger partial charge in [0.15, 0.2) is 11.5 Å². The lowest BCUT2D eigenvalue weighted by molar-refractivity contribution is -0.183. The zero-order valence-electron chi connectivity index (χ0n) is 19.1. The predicted octanol–water partition coefficient (Wildman–Crippen LogP) is 3.48. The summed E-state index contributed by atoms with van der Waals surface area (Å²) in [7, 11) is 0. The van der Waals surface area contributed by atoms with E-state index in [1.165, 1.54) is 39.8 Å². The third-order valence-electron chi connectivity index (χ3n) is 6.18. The first-order chi connectivity index (χ1) is 17.2. The largest absolute Gasteiger partial charge is 0.491 e. The molecule has 4 heterocycles. The Hall–Kier alpha value is -3.35. The maximum atomic E-state index is 14.1. The van der Waals surface area contributed by atoms with Gasteiger partial charge in [-0.15, -0.1) is 10.2 Å². The second kappa shape index (κ2) is 9.60. The van der Waals surface area contributed by atoms with E-state index in [1.54, 1.807) is 12.1 Å². The Labute approximate surface area is 203 Å². The van der Waals surface area contributed by atoms with E-state index in [0.29, 0.717) is 35.1 Å². The Morgan fingerprint density at radius 1 is 1.17 bits per heavy atom. The lowest BCUT2D eigenvalue weighted by Gasteiger charge is -2.30. The van der Waals surface area contributed by atoms with E-state index < -0.39 is 18.0 Å². The van der Waals surface area contributed by atoms with E-state index in [9.17, 15) is 17.6 Å². The summed E-state index contributed by atoms with van der Waals surface area (Å²) in [4.78, 5) is 5.91. The summed E-state index contributed by atoms with van der Waals surface area (Å²) in [5, 5.41) is 17.7. The number of aliphatic hydroxyl groups excluding tert-OH is 1. The summed E-state index contributed by atoms with van der Waals surface area (Å²) in [6.07, 6.45) is -2.27. The van der Waals surface area contributed by atoms with Crippen molar-refractivity contribution >= 4 is 16.6 Å². The highest BCUT2D eigenvalue weighted by molar-refractivity contribution is 5.86. The normalized spacial score (nSPS) is 17.8. The zero-order chi connectivity index (χ0) is 25.4. The van der Waals surface area contributed by atoms with Crippen molar-refractivity contribution < 1.29 is 27.4 Å². The topological polar surface area (TPSA) is 102 Å². The number of alkyl halides is 3. The molecule has 8 nitrogen and oxygen atoms in total. The van der Waals surface area contributed by atoms with Crippen LogP contribution in [-0.4, -0.2) is 68.1 Å². The molecule has 0 bridgehead atoms. The average molecular weight is 504 g/mol. The third-order valence-corrected chi connectivity index (χ3v) is 6.18. The van der Waals surface area contributed by atoms with E-state index >= 15 is 0 Å². The molecule has 0 spiro atoms. The van der Waals surface area contributed by atoms with Crippen LogP contribution in [0.2, 0.25) is 0 Å². The van der Waals surface area contributed by atoms with Crippen LogP contribution in [0.4, 0.5) is 17.6 Å². The van der Waals surface area contributed by atoms with Gasteiger partial charge in [0, 0.05) is 49.8 Å².